The van der Waals surface area contributed by atoms with Gasteiger partial charge in [-0.05, 0) is 49.6 Å². The molecule has 1 aliphatic rings. The fourth-order valence-corrected chi connectivity index (χ4v) is 3.16. The molecule has 0 aliphatic carbocycles. The fraction of sp³-hybridized carbons (Fsp3) is 0.429. The Labute approximate surface area is 165 Å². The van der Waals surface area contributed by atoms with Crippen LogP contribution in [-0.4, -0.2) is 49.7 Å². The maximum Gasteiger partial charge on any atom is 0.260 e. The monoisotopic (exact) mass is 385 g/mol. The van der Waals surface area contributed by atoms with Crippen molar-refractivity contribution in [3.05, 3.63) is 41.6 Å². The van der Waals surface area contributed by atoms with Crippen LogP contribution in [0.25, 0.3) is 0 Å². The smallest absolute Gasteiger partial charge is 0.260 e. The fourth-order valence-electron chi connectivity index (χ4n) is 3.16. The summed E-state index contributed by atoms with van der Waals surface area (Å²) in [6.07, 6.45) is 2.13. The van der Waals surface area contributed by atoms with Crippen LogP contribution in [0.1, 0.15) is 24.1 Å². The molecule has 1 saturated heterocycles. The molecule has 1 aromatic heterocycles. The quantitative estimate of drug-likeness (QED) is 0.753. The second-order valence-corrected chi connectivity index (χ2v) is 6.72. The molecule has 150 valence electrons. The van der Waals surface area contributed by atoms with Crippen LogP contribution in [0.5, 0.6) is 17.2 Å². The molecule has 0 radical (unpaired) electrons. The van der Waals surface area contributed by atoms with E-state index in [2.05, 4.69) is 10.3 Å². The molecule has 2 heterocycles. The van der Waals surface area contributed by atoms with Gasteiger partial charge >= 0.3 is 0 Å². The van der Waals surface area contributed by atoms with Gasteiger partial charge in [0.1, 0.15) is 0 Å². The highest BCUT2D eigenvalue weighted by molar-refractivity contribution is 5.78. The first-order chi connectivity index (χ1) is 13.6. The van der Waals surface area contributed by atoms with Crippen LogP contribution in [-0.2, 0) is 11.3 Å². The highest BCUT2D eigenvalue weighted by atomic mass is 16.5. The summed E-state index contributed by atoms with van der Waals surface area (Å²) in [5.74, 6) is 2.56. The van der Waals surface area contributed by atoms with Gasteiger partial charge in [-0.15, -0.1) is 0 Å². The lowest BCUT2D eigenvalue weighted by Gasteiger charge is -2.17. The highest BCUT2D eigenvalue weighted by Crippen LogP contribution is 2.29. The van der Waals surface area contributed by atoms with Gasteiger partial charge in [0.25, 0.3) is 5.91 Å². The third-order valence-electron chi connectivity index (χ3n) is 4.72. The Bertz CT molecular complexity index is 819. The summed E-state index contributed by atoms with van der Waals surface area (Å²) in [6.45, 7) is 4.15. The summed E-state index contributed by atoms with van der Waals surface area (Å²) in [4.78, 5) is 18.5. The van der Waals surface area contributed by atoms with E-state index in [0.29, 0.717) is 29.6 Å². The van der Waals surface area contributed by atoms with Crippen LogP contribution < -0.4 is 19.5 Å². The molecule has 7 heteroatoms. The second kappa shape index (κ2) is 9.30. The number of hydrogen-bond donors (Lipinski definition) is 1. The Kier molecular flexibility index (Phi) is 6.57. The lowest BCUT2D eigenvalue weighted by Crippen LogP contribution is -2.32. The van der Waals surface area contributed by atoms with Crippen molar-refractivity contribution in [3.63, 3.8) is 0 Å². The largest absolute Gasteiger partial charge is 0.493 e. The predicted molar refractivity (Wildman–Crippen MR) is 107 cm³/mol. The third kappa shape index (κ3) is 4.85. The molecule has 1 aliphatic heterocycles. The van der Waals surface area contributed by atoms with E-state index in [4.69, 9.17) is 14.2 Å². The van der Waals surface area contributed by atoms with Gasteiger partial charge in [-0.2, -0.15) is 0 Å². The molecule has 0 unspecified atom stereocenters. The number of nitrogens with zero attached hydrogens (tertiary/aromatic N) is 2. The van der Waals surface area contributed by atoms with Crippen molar-refractivity contribution in [2.75, 3.05) is 39.2 Å². The summed E-state index contributed by atoms with van der Waals surface area (Å²) in [7, 11) is 3.21. The van der Waals surface area contributed by atoms with Crippen LogP contribution in [0, 0.1) is 6.92 Å². The number of rotatable bonds is 8. The molecule has 28 heavy (non-hydrogen) atoms. The molecule has 3 rings (SSSR count). The minimum atomic E-state index is 0.0166. The molecule has 1 fully saturated rings. The molecule has 1 N–H and O–H groups in total. The van der Waals surface area contributed by atoms with E-state index < -0.39 is 0 Å². The lowest BCUT2D eigenvalue weighted by molar-refractivity contribution is -0.132. The zero-order chi connectivity index (χ0) is 19.9. The summed E-state index contributed by atoms with van der Waals surface area (Å²) in [5, 5.41) is 3.29. The SMILES string of the molecule is COc1cc(CNc2nc(C)ccc2OC)ccc1OCC(=O)N1CCCC1. The van der Waals surface area contributed by atoms with Crippen molar-refractivity contribution in [1.82, 2.24) is 9.88 Å². The first kappa shape index (κ1) is 19.8. The van der Waals surface area contributed by atoms with Crippen molar-refractivity contribution in [2.45, 2.75) is 26.3 Å². The molecular weight excluding hydrogens is 358 g/mol. The number of likely N-dealkylation sites (tertiary alicyclic amines) is 1. The number of benzene rings is 1. The van der Waals surface area contributed by atoms with E-state index >= 15 is 0 Å². The minimum absolute atomic E-state index is 0.0166. The van der Waals surface area contributed by atoms with Crippen LogP contribution in [0.4, 0.5) is 5.82 Å². The van der Waals surface area contributed by atoms with Gasteiger partial charge in [-0.25, -0.2) is 4.98 Å². The minimum Gasteiger partial charge on any atom is -0.493 e. The van der Waals surface area contributed by atoms with Crippen molar-refractivity contribution >= 4 is 11.7 Å². The molecule has 0 spiro atoms. The number of carbonyl (C=O) groups is 1. The van der Waals surface area contributed by atoms with Crippen LogP contribution in [0.2, 0.25) is 0 Å². The van der Waals surface area contributed by atoms with Gasteiger partial charge in [-0.1, -0.05) is 6.07 Å². The zero-order valence-corrected chi connectivity index (χ0v) is 16.7. The van der Waals surface area contributed by atoms with Crippen molar-refractivity contribution in [2.24, 2.45) is 0 Å². The third-order valence-corrected chi connectivity index (χ3v) is 4.72. The van der Waals surface area contributed by atoms with Crippen LogP contribution >= 0.6 is 0 Å². The molecule has 7 nitrogen and oxygen atoms in total. The number of methoxy groups -OCH3 is 2. The summed E-state index contributed by atoms with van der Waals surface area (Å²) >= 11 is 0. The van der Waals surface area contributed by atoms with Gasteiger partial charge in [-0.3, -0.25) is 4.79 Å². The Balaban J connectivity index is 1.62. The van der Waals surface area contributed by atoms with Crippen LogP contribution in [0.3, 0.4) is 0 Å². The van der Waals surface area contributed by atoms with Crippen molar-refractivity contribution in [1.29, 1.82) is 0 Å². The molecule has 1 amide bonds. The Morgan fingerprint density at radius 1 is 1.07 bits per heavy atom. The van der Waals surface area contributed by atoms with Crippen molar-refractivity contribution in [3.8, 4) is 17.2 Å². The summed E-state index contributed by atoms with van der Waals surface area (Å²) < 4.78 is 16.5. The number of nitrogens with one attached hydrogen (secondary N) is 1. The van der Waals surface area contributed by atoms with Crippen LogP contribution in [0.15, 0.2) is 30.3 Å². The Hall–Kier alpha value is -2.96. The molecule has 2 aromatic rings. The van der Waals surface area contributed by atoms with Gasteiger partial charge in [0, 0.05) is 25.3 Å². The number of amides is 1. The maximum absolute atomic E-state index is 12.2. The van der Waals surface area contributed by atoms with E-state index in [1.807, 2.05) is 42.2 Å². The number of aromatic nitrogens is 1. The number of carbonyl (C=O) groups excluding carboxylic acids is 1. The van der Waals surface area contributed by atoms with E-state index in [-0.39, 0.29) is 12.5 Å². The molecule has 0 atom stereocenters. The van der Waals surface area contributed by atoms with Gasteiger partial charge in [0.15, 0.2) is 29.7 Å². The van der Waals surface area contributed by atoms with Gasteiger partial charge < -0.3 is 24.4 Å². The number of hydrogen-bond acceptors (Lipinski definition) is 6. The van der Waals surface area contributed by atoms with E-state index in [1.165, 1.54) is 0 Å². The van der Waals surface area contributed by atoms with Gasteiger partial charge in [0.2, 0.25) is 0 Å². The normalized spacial score (nSPS) is 13.3. The first-order valence-corrected chi connectivity index (χ1v) is 9.43. The number of pyridine rings is 1. The maximum atomic E-state index is 12.2. The summed E-state index contributed by atoms with van der Waals surface area (Å²) in [5.41, 5.74) is 1.91. The highest BCUT2D eigenvalue weighted by Gasteiger charge is 2.19. The number of aryl methyl sites for hydroxylation is 1. The van der Waals surface area contributed by atoms with Crippen molar-refractivity contribution < 1.29 is 19.0 Å². The van der Waals surface area contributed by atoms with Gasteiger partial charge in [0.05, 0.1) is 14.2 Å². The van der Waals surface area contributed by atoms with E-state index in [1.54, 1.807) is 14.2 Å². The second-order valence-electron chi connectivity index (χ2n) is 6.72. The number of ether oxygens (including phenoxy) is 3. The molecule has 1 aromatic carbocycles. The molecule has 0 saturated carbocycles. The average Bonchev–Trinajstić information content (AvgIpc) is 3.25. The first-order valence-electron chi connectivity index (χ1n) is 9.43. The molecular formula is C21H27N3O4. The Morgan fingerprint density at radius 2 is 1.79 bits per heavy atom. The number of anilines is 1. The Morgan fingerprint density at radius 3 is 2.50 bits per heavy atom. The zero-order valence-electron chi connectivity index (χ0n) is 16.7. The van der Waals surface area contributed by atoms with E-state index in [0.717, 1.165) is 37.2 Å². The predicted octanol–water partition coefficient (Wildman–Crippen LogP) is 3.02. The summed E-state index contributed by atoms with van der Waals surface area (Å²) in [6, 6.07) is 9.45. The van der Waals surface area contributed by atoms with E-state index in [9.17, 15) is 4.79 Å². The average molecular weight is 385 g/mol. The lowest BCUT2D eigenvalue weighted by atomic mass is 10.2. The standard InChI is InChI=1S/C21H27N3O4/c1-15-6-8-18(26-2)21(23-15)22-13-16-7-9-17(19(12-16)27-3)28-14-20(25)24-10-4-5-11-24/h6-9,12H,4-5,10-11,13-14H2,1-3H3,(H,22,23). The molecule has 0 bridgehead atoms. The topological polar surface area (TPSA) is 72.9 Å².